The lowest BCUT2D eigenvalue weighted by Gasteiger charge is -2.32. The first-order valence-corrected chi connectivity index (χ1v) is 15.6. The third kappa shape index (κ3) is 5.41. The van der Waals surface area contributed by atoms with Crippen LogP contribution >= 0.6 is 0 Å². The van der Waals surface area contributed by atoms with Gasteiger partial charge < -0.3 is 15.0 Å². The number of rotatable bonds is 9. The number of hydrogen-bond donors (Lipinski definition) is 1. The van der Waals surface area contributed by atoms with Gasteiger partial charge in [0.05, 0.1) is 41.4 Å². The molecule has 0 spiro atoms. The Kier molecular flexibility index (Phi) is 6.97. The van der Waals surface area contributed by atoms with E-state index in [1.54, 1.807) is 31.2 Å². The number of amides is 1. The summed E-state index contributed by atoms with van der Waals surface area (Å²) in [5, 5.41) is 12.3. The Bertz CT molecular complexity index is 1560. The smallest absolute Gasteiger partial charge is 0.251 e. The van der Waals surface area contributed by atoms with E-state index in [4.69, 9.17) is 9.72 Å². The third-order valence-electron chi connectivity index (χ3n) is 7.86. The van der Waals surface area contributed by atoms with E-state index in [9.17, 15) is 18.5 Å². The van der Waals surface area contributed by atoms with Crippen molar-refractivity contribution in [2.24, 2.45) is 0 Å². The van der Waals surface area contributed by atoms with Crippen molar-refractivity contribution in [3.63, 3.8) is 0 Å². The summed E-state index contributed by atoms with van der Waals surface area (Å²) in [6.07, 6.45) is 4.86. The Balaban J connectivity index is 1.23. The number of benzene rings is 2. The molecule has 1 aromatic heterocycles. The highest BCUT2D eigenvalue weighted by Gasteiger charge is 2.32. The van der Waals surface area contributed by atoms with Crippen molar-refractivity contribution < 1.29 is 17.9 Å². The van der Waals surface area contributed by atoms with Gasteiger partial charge in [-0.05, 0) is 73.7 Å². The van der Waals surface area contributed by atoms with Crippen LogP contribution in [0, 0.1) is 11.3 Å². The fourth-order valence-corrected chi connectivity index (χ4v) is 6.06. The number of carbonyl (C=O) groups is 1. The molecule has 1 N–H and O–H groups in total. The largest absolute Gasteiger partial charge is 0.490 e. The molecule has 9 heteroatoms. The molecule has 2 heterocycles. The molecule has 40 heavy (non-hydrogen) atoms. The molecule has 0 radical (unpaired) electrons. The van der Waals surface area contributed by atoms with E-state index in [-0.39, 0.29) is 23.0 Å². The van der Waals surface area contributed by atoms with Crippen molar-refractivity contribution in [3.05, 3.63) is 77.1 Å². The number of nitriles is 1. The van der Waals surface area contributed by atoms with Crippen LogP contribution in [0.1, 0.15) is 84.2 Å². The van der Waals surface area contributed by atoms with Gasteiger partial charge in [-0.15, -0.1) is 0 Å². The van der Waals surface area contributed by atoms with E-state index < -0.39 is 15.9 Å². The van der Waals surface area contributed by atoms with Gasteiger partial charge in [-0.25, -0.2) is 8.42 Å². The number of fused-ring (bicyclic) bond motifs is 1. The third-order valence-corrected chi connectivity index (χ3v) is 9.61. The highest BCUT2D eigenvalue weighted by Crippen LogP contribution is 2.46. The highest BCUT2D eigenvalue weighted by atomic mass is 32.2. The van der Waals surface area contributed by atoms with Crippen molar-refractivity contribution >= 4 is 27.1 Å². The second-order valence-electron chi connectivity index (χ2n) is 10.8. The molecule has 1 atom stereocenters. The van der Waals surface area contributed by atoms with E-state index in [1.807, 2.05) is 6.07 Å². The molecule has 3 aromatic rings. The van der Waals surface area contributed by atoms with Crippen LogP contribution in [0.4, 0.5) is 11.4 Å². The van der Waals surface area contributed by atoms with Crippen molar-refractivity contribution in [3.8, 4) is 11.8 Å². The molecule has 6 rings (SSSR count). The van der Waals surface area contributed by atoms with Crippen molar-refractivity contribution in [2.45, 2.75) is 61.8 Å². The van der Waals surface area contributed by atoms with Crippen LogP contribution in [0.2, 0.25) is 0 Å². The Labute approximate surface area is 234 Å². The number of sulfone groups is 1. The summed E-state index contributed by atoms with van der Waals surface area (Å²) in [4.78, 5) is 20.7. The summed E-state index contributed by atoms with van der Waals surface area (Å²) in [7, 11) is -3.33. The minimum atomic E-state index is -3.33. The summed E-state index contributed by atoms with van der Waals surface area (Å²) in [6, 6.07) is 17.8. The fourth-order valence-electron chi connectivity index (χ4n) is 5.18. The van der Waals surface area contributed by atoms with E-state index in [0.29, 0.717) is 41.9 Å². The van der Waals surface area contributed by atoms with Gasteiger partial charge in [-0.2, -0.15) is 5.26 Å². The van der Waals surface area contributed by atoms with E-state index in [0.717, 1.165) is 11.4 Å². The molecule has 1 aliphatic heterocycles. The lowest BCUT2D eigenvalue weighted by atomic mass is 10.0. The van der Waals surface area contributed by atoms with Crippen LogP contribution in [0.3, 0.4) is 0 Å². The minimum Gasteiger partial charge on any atom is -0.490 e. The Hall–Kier alpha value is -3.90. The molecule has 2 aliphatic carbocycles. The zero-order valence-corrected chi connectivity index (χ0v) is 23.3. The second-order valence-corrected chi connectivity index (χ2v) is 13.0. The van der Waals surface area contributed by atoms with Gasteiger partial charge in [0.25, 0.3) is 5.91 Å². The number of aromatic nitrogens is 1. The number of nitrogens with one attached hydrogen (secondary N) is 1. The van der Waals surface area contributed by atoms with Gasteiger partial charge in [0.2, 0.25) is 0 Å². The summed E-state index contributed by atoms with van der Waals surface area (Å²) in [5.41, 5.74) is 5.52. The molecular formula is C31H32N4O4S. The van der Waals surface area contributed by atoms with Crippen LogP contribution in [-0.4, -0.2) is 38.2 Å². The molecule has 0 bridgehead atoms. The SMILES string of the molecule is CCS(=O)(=O)c1ccc(C(CC#N)NC(=O)c2ccc3c(c2)OCCN3c2cc(C3CC3)nc(C3CC3)c2)cc1. The Morgan fingerprint density at radius 3 is 2.35 bits per heavy atom. The maximum absolute atomic E-state index is 13.3. The molecule has 3 aliphatic rings. The predicted octanol–water partition coefficient (Wildman–Crippen LogP) is 5.55. The first-order valence-electron chi connectivity index (χ1n) is 13.9. The number of ether oxygens (including phenoxy) is 1. The molecule has 2 fully saturated rings. The molecule has 206 valence electrons. The number of pyridine rings is 1. The van der Waals surface area contributed by atoms with Gasteiger partial charge in [-0.1, -0.05) is 19.1 Å². The number of carbonyl (C=O) groups excluding carboxylic acids is 1. The molecule has 8 nitrogen and oxygen atoms in total. The maximum Gasteiger partial charge on any atom is 0.251 e. The van der Waals surface area contributed by atoms with Gasteiger partial charge in [0.15, 0.2) is 9.84 Å². The Morgan fingerprint density at radius 1 is 1.07 bits per heavy atom. The monoisotopic (exact) mass is 556 g/mol. The van der Waals surface area contributed by atoms with Gasteiger partial charge in [0, 0.05) is 34.5 Å². The molecule has 2 aromatic carbocycles. The predicted molar refractivity (Wildman–Crippen MR) is 152 cm³/mol. The van der Waals surface area contributed by atoms with Gasteiger partial charge >= 0.3 is 0 Å². The van der Waals surface area contributed by atoms with E-state index in [2.05, 4.69) is 28.4 Å². The zero-order valence-electron chi connectivity index (χ0n) is 22.5. The number of hydrogen-bond acceptors (Lipinski definition) is 7. The minimum absolute atomic E-state index is 0.00700. The van der Waals surface area contributed by atoms with Crippen molar-refractivity contribution in [1.29, 1.82) is 5.26 Å². The van der Waals surface area contributed by atoms with E-state index in [1.165, 1.54) is 49.2 Å². The quantitative estimate of drug-likeness (QED) is 0.368. The summed E-state index contributed by atoms with van der Waals surface area (Å²) in [5.74, 6) is 1.45. The maximum atomic E-state index is 13.3. The summed E-state index contributed by atoms with van der Waals surface area (Å²) >= 11 is 0. The highest BCUT2D eigenvalue weighted by molar-refractivity contribution is 7.91. The Morgan fingerprint density at radius 2 is 1.75 bits per heavy atom. The first-order chi connectivity index (χ1) is 19.4. The van der Waals surface area contributed by atoms with Gasteiger partial charge in [0.1, 0.15) is 12.4 Å². The van der Waals surface area contributed by atoms with E-state index >= 15 is 0 Å². The second kappa shape index (κ2) is 10.6. The van der Waals surface area contributed by atoms with Crippen molar-refractivity contribution in [2.75, 3.05) is 23.8 Å². The summed E-state index contributed by atoms with van der Waals surface area (Å²) in [6.45, 7) is 2.81. The number of nitrogens with zero attached hydrogens (tertiary/aromatic N) is 3. The lowest BCUT2D eigenvalue weighted by molar-refractivity contribution is 0.0936. The lowest BCUT2D eigenvalue weighted by Crippen LogP contribution is -2.30. The molecular weight excluding hydrogens is 524 g/mol. The number of anilines is 2. The molecule has 1 amide bonds. The fraction of sp³-hybridized carbons (Fsp3) is 0.387. The topological polar surface area (TPSA) is 112 Å². The zero-order chi connectivity index (χ0) is 27.9. The first kappa shape index (κ1) is 26.3. The van der Waals surface area contributed by atoms with Crippen LogP contribution in [0.15, 0.2) is 59.5 Å². The molecule has 0 saturated heterocycles. The van der Waals surface area contributed by atoms with Crippen LogP contribution in [-0.2, 0) is 9.84 Å². The average Bonchev–Trinajstić information content (AvgIpc) is 3.89. The van der Waals surface area contributed by atoms with Gasteiger partial charge in [-0.3, -0.25) is 9.78 Å². The van der Waals surface area contributed by atoms with Crippen LogP contribution in [0.25, 0.3) is 0 Å². The molecule has 1 unspecified atom stereocenters. The standard InChI is InChI=1S/C31H32N4O4S/c1-2-40(37,38)25-10-7-20(8-11-25)26(13-14-32)34-31(36)23-9-12-29-30(17-23)39-16-15-35(29)24-18-27(21-3-4-21)33-28(19-24)22-5-6-22/h7-12,17-19,21-22,26H,2-6,13,15-16H2,1H3,(H,34,36). The van der Waals surface area contributed by atoms with Crippen LogP contribution < -0.4 is 15.0 Å². The normalized spacial score (nSPS) is 17.4. The average molecular weight is 557 g/mol. The van der Waals surface area contributed by atoms with Crippen LogP contribution in [0.5, 0.6) is 5.75 Å². The molecule has 2 saturated carbocycles. The summed E-state index contributed by atoms with van der Waals surface area (Å²) < 4.78 is 30.3. The van der Waals surface area contributed by atoms with Crippen molar-refractivity contribution in [1.82, 2.24) is 10.3 Å².